The molecule has 3 nitrogen and oxygen atoms in total. The molecule has 1 aliphatic rings. The summed E-state index contributed by atoms with van der Waals surface area (Å²) in [6.45, 7) is 1.80. The van der Waals surface area contributed by atoms with Crippen molar-refractivity contribution >= 4 is 16.8 Å². The minimum atomic E-state index is 0.176. The van der Waals surface area contributed by atoms with E-state index in [-0.39, 0.29) is 5.91 Å². The molecule has 88 valence electrons. The molecule has 1 saturated heterocycles. The molecule has 0 atom stereocenters. The Morgan fingerprint density at radius 3 is 2.71 bits per heavy atom. The summed E-state index contributed by atoms with van der Waals surface area (Å²) in [5.41, 5.74) is 1.88. The molecule has 0 N–H and O–H groups in total. The van der Waals surface area contributed by atoms with Gasteiger partial charge in [0.25, 0.3) is 5.91 Å². The van der Waals surface area contributed by atoms with Crippen molar-refractivity contribution in [3.05, 3.63) is 36.0 Å². The number of rotatable bonds is 1. The number of aromatic nitrogens is 1. The van der Waals surface area contributed by atoms with Gasteiger partial charge in [0, 0.05) is 31.7 Å². The van der Waals surface area contributed by atoms with Gasteiger partial charge >= 0.3 is 0 Å². The van der Waals surface area contributed by atoms with Gasteiger partial charge in [-0.2, -0.15) is 0 Å². The molecule has 17 heavy (non-hydrogen) atoms. The second-order valence-electron chi connectivity index (χ2n) is 4.67. The van der Waals surface area contributed by atoms with Crippen LogP contribution in [0.3, 0.4) is 0 Å². The summed E-state index contributed by atoms with van der Waals surface area (Å²) in [5.74, 6) is 0.176. The minimum Gasteiger partial charge on any atom is -0.350 e. The maximum Gasteiger partial charge on any atom is 0.255 e. The first-order chi connectivity index (χ1) is 8.27. The molecule has 0 spiro atoms. The summed E-state index contributed by atoms with van der Waals surface area (Å²) >= 11 is 0. The van der Waals surface area contributed by atoms with Crippen LogP contribution in [0.25, 0.3) is 10.9 Å². The third-order valence-electron chi connectivity index (χ3n) is 3.52. The molecule has 1 aliphatic heterocycles. The van der Waals surface area contributed by atoms with E-state index in [1.54, 1.807) is 0 Å². The molecule has 0 saturated carbocycles. The van der Waals surface area contributed by atoms with Crippen molar-refractivity contribution in [2.24, 2.45) is 7.05 Å². The van der Waals surface area contributed by atoms with E-state index >= 15 is 0 Å². The minimum absolute atomic E-state index is 0.176. The molecule has 0 bridgehead atoms. The molecule has 2 aromatic rings. The van der Waals surface area contributed by atoms with Gasteiger partial charge in [-0.15, -0.1) is 0 Å². The van der Waals surface area contributed by atoms with Crippen LogP contribution in [0.2, 0.25) is 0 Å². The average Bonchev–Trinajstić information content (AvgIpc) is 2.98. The summed E-state index contributed by atoms with van der Waals surface area (Å²) in [5, 5.41) is 1.14. The van der Waals surface area contributed by atoms with Gasteiger partial charge in [0.05, 0.1) is 11.1 Å². The van der Waals surface area contributed by atoms with Crippen molar-refractivity contribution in [3.63, 3.8) is 0 Å². The summed E-state index contributed by atoms with van der Waals surface area (Å²) in [6, 6.07) is 8.00. The number of nitrogens with zero attached hydrogens (tertiary/aromatic N) is 2. The van der Waals surface area contributed by atoms with Crippen LogP contribution < -0.4 is 0 Å². The highest BCUT2D eigenvalue weighted by Crippen LogP contribution is 2.22. The number of para-hydroxylation sites is 1. The molecule has 1 aromatic heterocycles. The third kappa shape index (κ3) is 1.62. The first-order valence-corrected chi connectivity index (χ1v) is 6.11. The molecule has 1 fully saturated rings. The van der Waals surface area contributed by atoms with E-state index in [1.807, 2.05) is 34.8 Å². The lowest BCUT2D eigenvalue weighted by Gasteiger charge is -2.16. The molecule has 3 heteroatoms. The van der Waals surface area contributed by atoms with Crippen LogP contribution in [0.15, 0.2) is 30.5 Å². The number of amides is 1. The molecular weight excluding hydrogens is 212 g/mol. The van der Waals surface area contributed by atoms with Crippen LogP contribution in [0.5, 0.6) is 0 Å². The van der Waals surface area contributed by atoms with Gasteiger partial charge < -0.3 is 9.47 Å². The number of hydrogen-bond acceptors (Lipinski definition) is 1. The fraction of sp³-hybridized carbons (Fsp3) is 0.357. The van der Waals surface area contributed by atoms with Gasteiger partial charge in [-0.3, -0.25) is 4.79 Å². The Morgan fingerprint density at radius 1 is 1.18 bits per heavy atom. The van der Waals surface area contributed by atoms with Gasteiger partial charge in [0.2, 0.25) is 0 Å². The molecule has 1 aromatic carbocycles. The zero-order valence-corrected chi connectivity index (χ0v) is 10.0. The fourth-order valence-electron chi connectivity index (χ4n) is 2.62. The molecular formula is C14H16N2O. The summed E-state index contributed by atoms with van der Waals surface area (Å²) in [6.07, 6.45) is 4.27. The zero-order valence-electron chi connectivity index (χ0n) is 10.0. The van der Waals surface area contributed by atoms with E-state index in [0.717, 1.165) is 42.4 Å². The van der Waals surface area contributed by atoms with Crippen molar-refractivity contribution in [1.82, 2.24) is 9.47 Å². The maximum absolute atomic E-state index is 12.4. The summed E-state index contributed by atoms with van der Waals surface area (Å²) < 4.78 is 2.03. The first kappa shape index (κ1) is 10.4. The molecule has 3 rings (SSSR count). The van der Waals surface area contributed by atoms with Crippen molar-refractivity contribution in [3.8, 4) is 0 Å². The predicted molar refractivity (Wildman–Crippen MR) is 68.1 cm³/mol. The Labute approximate surface area is 101 Å². The fourth-order valence-corrected chi connectivity index (χ4v) is 2.62. The second kappa shape index (κ2) is 3.91. The van der Waals surface area contributed by atoms with Crippen LogP contribution >= 0.6 is 0 Å². The van der Waals surface area contributed by atoms with Crippen molar-refractivity contribution in [2.45, 2.75) is 12.8 Å². The second-order valence-corrected chi connectivity index (χ2v) is 4.67. The Hall–Kier alpha value is -1.77. The van der Waals surface area contributed by atoms with Crippen LogP contribution in [-0.2, 0) is 7.05 Å². The first-order valence-electron chi connectivity index (χ1n) is 6.11. The van der Waals surface area contributed by atoms with Gasteiger partial charge in [-0.25, -0.2) is 0 Å². The number of fused-ring (bicyclic) bond motifs is 1. The van der Waals surface area contributed by atoms with E-state index < -0.39 is 0 Å². The van der Waals surface area contributed by atoms with Gasteiger partial charge in [-0.1, -0.05) is 12.1 Å². The highest BCUT2D eigenvalue weighted by Gasteiger charge is 2.21. The SMILES string of the molecule is Cn1ccc2cccc(C(=O)N3CCCC3)c21. The van der Waals surface area contributed by atoms with Crippen molar-refractivity contribution in [1.29, 1.82) is 0 Å². The predicted octanol–water partition coefficient (Wildman–Crippen LogP) is 2.41. The summed E-state index contributed by atoms with van der Waals surface area (Å²) in [7, 11) is 1.99. The smallest absolute Gasteiger partial charge is 0.255 e. The number of carbonyl (C=O) groups is 1. The van der Waals surface area contributed by atoms with Crippen molar-refractivity contribution in [2.75, 3.05) is 13.1 Å². The van der Waals surface area contributed by atoms with Gasteiger partial charge in [0.15, 0.2) is 0 Å². The number of likely N-dealkylation sites (tertiary alicyclic amines) is 1. The van der Waals surface area contributed by atoms with E-state index in [9.17, 15) is 4.79 Å². The number of hydrogen-bond donors (Lipinski definition) is 0. The van der Waals surface area contributed by atoms with E-state index in [2.05, 4.69) is 12.1 Å². The van der Waals surface area contributed by atoms with E-state index in [0.29, 0.717) is 0 Å². The van der Waals surface area contributed by atoms with E-state index in [4.69, 9.17) is 0 Å². The number of aryl methyl sites for hydroxylation is 1. The highest BCUT2D eigenvalue weighted by molar-refractivity contribution is 6.06. The number of carbonyl (C=O) groups excluding carboxylic acids is 1. The quantitative estimate of drug-likeness (QED) is 0.736. The maximum atomic E-state index is 12.4. The molecule has 1 amide bonds. The lowest BCUT2D eigenvalue weighted by Crippen LogP contribution is -2.28. The Kier molecular flexibility index (Phi) is 2.39. The van der Waals surface area contributed by atoms with Crippen LogP contribution in [0, 0.1) is 0 Å². The topological polar surface area (TPSA) is 25.2 Å². The van der Waals surface area contributed by atoms with E-state index in [1.165, 1.54) is 0 Å². The average molecular weight is 228 g/mol. The molecule has 0 radical (unpaired) electrons. The lowest BCUT2D eigenvalue weighted by molar-refractivity contribution is 0.0794. The Morgan fingerprint density at radius 2 is 1.94 bits per heavy atom. The molecule has 2 heterocycles. The third-order valence-corrected chi connectivity index (χ3v) is 3.52. The van der Waals surface area contributed by atoms with Crippen LogP contribution in [0.1, 0.15) is 23.2 Å². The van der Waals surface area contributed by atoms with Gasteiger partial charge in [0.1, 0.15) is 0 Å². The van der Waals surface area contributed by atoms with Crippen LogP contribution in [-0.4, -0.2) is 28.5 Å². The standard InChI is InChI=1S/C14H16N2O/c1-15-10-7-11-5-4-6-12(13(11)15)14(17)16-8-2-3-9-16/h4-7,10H,2-3,8-9H2,1H3. The summed E-state index contributed by atoms with van der Waals surface area (Å²) in [4.78, 5) is 14.4. The van der Waals surface area contributed by atoms with Gasteiger partial charge in [-0.05, 0) is 25.0 Å². The normalized spacial score (nSPS) is 15.7. The molecule has 0 unspecified atom stereocenters. The lowest BCUT2D eigenvalue weighted by atomic mass is 10.1. The van der Waals surface area contributed by atoms with Crippen LogP contribution in [0.4, 0.5) is 0 Å². The Bertz CT molecular complexity index is 565. The molecule has 0 aliphatic carbocycles. The number of benzene rings is 1. The zero-order chi connectivity index (χ0) is 11.8. The Balaban J connectivity index is 2.09. The largest absolute Gasteiger partial charge is 0.350 e. The van der Waals surface area contributed by atoms with Crippen molar-refractivity contribution < 1.29 is 4.79 Å². The monoisotopic (exact) mass is 228 g/mol. The highest BCUT2D eigenvalue weighted by atomic mass is 16.2.